The quantitative estimate of drug-likeness (QED) is 0.399. The molecule has 0 aliphatic rings. The molecular weight excluding hydrogens is 280 g/mol. The number of aliphatic hydroxyl groups excluding tert-OH is 1. The highest BCUT2D eigenvalue weighted by atomic mass is 35.5. The molecule has 5 nitrogen and oxygen atoms in total. The minimum absolute atomic E-state index is 0.134. The predicted octanol–water partition coefficient (Wildman–Crippen LogP) is 3.33. The van der Waals surface area contributed by atoms with Crippen LogP contribution in [-0.4, -0.2) is 23.4 Å². The number of benzene rings is 1. The third kappa shape index (κ3) is 4.11. The van der Waals surface area contributed by atoms with E-state index >= 15 is 0 Å². The number of carbonyl (C=O) groups is 1. The smallest absolute Gasteiger partial charge is 0.344 e. The number of esters is 1. The Kier molecular flexibility index (Phi) is 5.75. The Morgan fingerprint density at radius 1 is 1.45 bits per heavy atom. The highest BCUT2D eigenvalue weighted by molar-refractivity contribution is 6.30. The second-order valence-corrected chi connectivity index (χ2v) is 4.17. The van der Waals surface area contributed by atoms with Gasteiger partial charge in [-0.25, -0.2) is 9.79 Å². The lowest BCUT2D eigenvalue weighted by molar-refractivity contribution is -0.138. The van der Waals surface area contributed by atoms with E-state index in [9.17, 15) is 9.90 Å². The number of hydrogen-bond acceptors (Lipinski definition) is 5. The highest BCUT2D eigenvalue weighted by Gasteiger charge is 2.21. The largest absolute Gasteiger partial charge is 0.512 e. The van der Waals surface area contributed by atoms with Gasteiger partial charge in [0.2, 0.25) is 0 Å². The Balaban J connectivity index is 3.22. The van der Waals surface area contributed by atoms with Crippen LogP contribution in [-0.2, 0) is 9.53 Å². The zero-order chi connectivity index (χ0) is 15.1. The Labute approximate surface area is 121 Å². The van der Waals surface area contributed by atoms with Crippen LogP contribution in [0.25, 0.3) is 0 Å². The maximum atomic E-state index is 11.7. The standard InChI is InChI=1S/C14H13ClN2O3/c1-3-20-14(19)13(9(2)18)12(8-16)17-11-6-4-10(15)5-7-11/h4-7,18H,3H2,1-2H3/b13-9+,17-12?. The molecule has 0 atom stereocenters. The van der Waals surface area contributed by atoms with Crippen molar-refractivity contribution in [2.75, 3.05) is 6.61 Å². The van der Waals surface area contributed by atoms with Gasteiger partial charge in [-0.3, -0.25) is 0 Å². The van der Waals surface area contributed by atoms with Crippen molar-refractivity contribution in [3.63, 3.8) is 0 Å². The summed E-state index contributed by atoms with van der Waals surface area (Å²) in [7, 11) is 0. The third-order valence-electron chi connectivity index (χ3n) is 2.25. The lowest BCUT2D eigenvalue weighted by atomic mass is 10.1. The van der Waals surface area contributed by atoms with Crippen LogP contribution in [0.15, 0.2) is 40.6 Å². The van der Waals surface area contributed by atoms with Crippen LogP contribution in [0.2, 0.25) is 5.02 Å². The second kappa shape index (κ2) is 7.31. The summed E-state index contributed by atoms with van der Waals surface area (Å²) in [5.41, 5.74) is -0.0240. The minimum atomic E-state index is -0.790. The fourth-order valence-electron chi connectivity index (χ4n) is 1.40. The molecule has 0 unspecified atom stereocenters. The molecule has 0 aromatic heterocycles. The van der Waals surface area contributed by atoms with Crippen molar-refractivity contribution < 1.29 is 14.6 Å². The molecule has 0 spiro atoms. The molecule has 0 heterocycles. The lowest BCUT2D eigenvalue weighted by Gasteiger charge is -2.06. The van der Waals surface area contributed by atoms with Gasteiger partial charge in [0.25, 0.3) is 0 Å². The van der Waals surface area contributed by atoms with Crippen LogP contribution >= 0.6 is 11.6 Å². The summed E-state index contributed by atoms with van der Waals surface area (Å²) in [6.07, 6.45) is 0. The topological polar surface area (TPSA) is 82.7 Å². The summed E-state index contributed by atoms with van der Waals surface area (Å²) in [5, 5.41) is 19.2. The number of halogens is 1. The van der Waals surface area contributed by atoms with Gasteiger partial charge in [0.05, 0.1) is 12.3 Å². The van der Waals surface area contributed by atoms with Crippen LogP contribution < -0.4 is 0 Å². The van der Waals surface area contributed by atoms with Crippen molar-refractivity contribution in [3.8, 4) is 6.07 Å². The number of hydrogen-bond donors (Lipinski definition) is 1. The van der Waals surface area contributed by atoms with Gasteiger partial charge >= 0.3 is 5.97 Å². The van der Waals surface area contributed by atoms with E-state index < -0.39 is 5.97 Å². The van der Waals surface area contributed by atoms with Gasteiger partial charge in [-0.15, -0.1) is 0 Å². The molecule has 0 saturated heterocycles. The van der Waals surface area contributed by atoms with Gasteiger partial charge in [-0.1, -0.05) is 11.6 Å². The van der Waals surface area contributed by atoms with Crippen LogP contribution in [0, 0.1) is 11.3 Å². The maximum absolute atomic E-state index is 11.7. The highest BCUT2D eigenvalue weighted by Crippen LogP contribution is 2.18. The van der Waals surface area contributed by atoms with Gasteiger partial charge in [0.15, 0.2) is 5.71 Å². The molecule has 0 bridgehead atoms. The van der Waals surface area contributed by atoms with E-state index in [1.807, 2.05) is 0 Å². The van der Waals surface area contributed by atoms with Gasteiger partial charge in [0.1, 0.15) is 17.4 Å². The first kappa shape index (κ1) is 15.7. The third-order valence-corrected chi connectivity index (χ3v) is 2.50. The molecule has 1 rings (SSSR count). The van der Waals surface area contributed by atoms with Crippen molar-refractivity contribution in [2.24, 2.45) is 4.99 Å². The van der Waals surface area contributed by atoms with Crippen molar-refractivity contribution in [1.82, 2.24) is 0 Å². The number of nitrogens with zero attached hydrogens (tertiary/aromatic N) is 2. The number of aliphatic hydroxyl groups is 1. The van der Waals surface area contributed by atoms with Crippen LogP contribution in [0.5, 0.6) is 0 Å². The molecule has 0 amide bonds. The molecule has 6 heteroatoms. The molecule has 1 aromatic carbocycles. The first-order chi connectivity index (χ1) is 9.49. The van der Waals surface area contributed by atoms with Gasteiger partial charge < -0.3 is 9.84 Å². The Morgan fingerprint density at radius 2 is 2.05 bits per heavy atom. The summed E-state index contributed by atoms with van der Waals surface area (Å²) in [6, 6.07) is 8.18. The number of carbonyl (C=O) groups excluding carboxylic acids is 1. The Morgan fingerprint density at radius 3 is 2.50 bits per heavy atom. The first-order valence-electron chi connectivity index (χ1n) is 5.81. The van der Waals surface area contributed by atoms with E-state index in [0.717, 1.165) is 0 Å². The summed E-state index contributed by atoms with van der Waals surface area (Å²) >= 11 is 5.75. The maximum Gasteiger partial charge on any atom is 0.344 e. The molecule has 0 aliphatic heterocycles. The molecule has 1 N–H and O–H groups in total. The zero-order valence-corrected chi connectivity index (χ0v) is 11.8. The van der Waals surface area contributed by atoms with E-state index in [1.54, 1.807) is 37.3 Å². The fourth-order valence-corrected chi connectivity index (χ4v) is 1.53. The normalized spacial score (nSPS) is 12.4. The monoisotopic (exact) mass is 292 g/mol. The summed E-state index contributed by atoms with van der Waals surface area (Å²) in [5.74, 6) is -1.11. The molecular formula is C14H13ClN2O3. The number of aliphatic imine (C=N–C) groups is 1. The van der Waals surface area contributed by atoms with Gasteiger partial charge in [-0.2, -0.15) is 5.26 Å². The number of nitriles is 1. The predicted molar refractivity (Wildman–Crippen MR) is 76.1 cm³/mol. The summed E-state index contributed by atoms with van der Waals surface area (Å²) in [6.45, 7) is 3.06. The molecule has 0 aliphatic carbocycles. The average Bonchev–Trinajstić information content (AvgIpc) is 2.40. The van der Waals surface area contributed by atoms with E-state index in [-0.39, 0.29) is 23.7 Å². The van der Waals surface area contributed by atoms with Gasteiger partial charge in [-0.05, 0) is 38.1 Å². The second-order valence-electron chi connectivity index (χ2n) is 3.73. The zero-order valence-electron chi connectivity index (χ0n) is 11.1. The average molecular weight is 293 g/mol. The fraction of sp³-hybridized carbons (Fsp3) is 0.214. The van der Waals surface area contributed by atoms with Crippen LogP contribution in [0.1, 0.15) is 13.8 Å². The van der Waals surface area contributed by atoms with Gasteiger partial charge in [0, 0.05) is 5.02 Å². The van der Waals surface area contributed by atoms with Crippen molar-refractivity contribution in [3.05, 3.63) is 40.6 Å². The van der Waals surface area contributed by atoms with Crippen molar-refractivity contribution in [2.45, 2.75) is 13.8 Å². The lowest BCUT2D eigenvalue weighted by Crippen LogP contribution is -2.16. The molecule has 20 heavy (non-hydrogen) atoms. The minimum Gasteiger partial charge on any atom is -0.512 e. The number of allylic oxidation sites excluding steroid dienone is 1. The van der Waals surface area contributed by atoms with E-state index in [1.165, 1.54) is 6.92 Å². The van der Waals surface area contributed by atoms with Crippen molar-refractivity contribution in [1.29, 1.82) is 5.26 Å². The number of rotatable bonds is 4. The molecule has 0 radical (unpaired) electrons. The molecule has 1 aromatic rings. The summed E-state index contributed by atoms with van der Waals surface area (Å²) < 4.78 is 4.80. The van der Waals surface area contributed by atoms with E-state index in [2.05, 4.69) is 4.99 Å². The first-order valence-corrected chi connectivity index (χ1v) is 6.19. The number of ether oxygens (including phenoxy) is 1. The summed E-state index contributed by atoms with van der Waals surface area (Å²) in [4.78, 5) is 15.8. The van der Waals surface area contributed by atoms with Crippen molar-refractivity contribution >= 4 is 29.0 Å². The molecule has 104 valence electrons. The van der Waals surface area contributed by atoms with Crippen LogP contribution in [0.4, 0.5) is 5.69 Å². The Bertz CT molecular complexity index is 594. The van der Waals surface area contributed by atoms with E-state index in [4.69, 9.17) is 21.6 Å². The SMILES string of the molecule is CCOC(=O)/C(C(C#N)=Nc1ccc(Cl)cc1)=C(\C)O. The molecule has 0 fully saturated rings. The van der Waals surface area contributed by atoms with Crippen LogP contribution in [0.3, 0.4) is 0 Å². The van der Waals surface area contributed by atoms with E-state index in [0.29, 0.717) is 10.7 Å². The molecule has 0 saturated carbocycles. The Hall–Kier alpha value is -2.32.